The van der Waals surface area contributed by atoms with Crippen LogP contribution in [0.2, 0.25) is 0 Å². The summed E-state index contributed by atoms with van der Waals surface area (Å²) in [6.45, 7) is 6.48. The molecule has 0 saturated carbocycles. The van der Waals surface area contributed by atoms with Gasteiger partial charge in [0.1, 0.15) is 6.04 Å². The predicted octanol–water partition coefficient (Wildman–Crippen LogP) is -0.0556. The number of hydrogen-bond acceptors (Lipinski definition) is 7. The Morgan fingerprint density at radius 3 is 2.70 bits per heavy atom. The molecule has 0 spiro atoms. The molecular weight excluding hydrogens is 388 g/mol. The molecule has 4 amide bonds. The van der Waals surface area contributed by atoms with Gasteiger partial charge < -0.3 is 15.4 Å². The van der Waals surface area contributed by atoms with Crippen LogP contribution in [0.3, 0.4) is 0 Å². The number of ether oxygens (including phenoxy) is 1. The Balaban J connectivity index is 1.44. The number of fused-ring (bicyclic) bond motifs is 1. The van der Waals surface area contributed by atoms with Crippen LogP contribution in [0.15, 0.2) is 18.2 Å². The van der Waals surface area contributed by atoms with E-state index in [0.29, 0.717) is 36.4 Å². The van der Waals surface area contributed by atoms with Crippen LogP contribution in [0.25, 0.3) is 0 Å². The number of hydrogen-bond donors (Lipinski definition) is 3. The molecule has 2 fully saturated rings. The van der Waals surface area contributed by atoms with Crippen LogP contribution in [-0.4, -0.2) is 65.9 Å². The summed E-state index contributed by atoms with van der Waals surface area (Å²) in [5.74, 6) is -1.97. The molecule has 9 nitrogen and oxygen atoms in total. The van der Waals surface area contributed by atoms with E-state index in [1.54, 1.807) is 18.2 Å². The molecule has 30 heavy (non-hydrogen) atoms. The summed E-state index contributed by atoms with van der Waals surface area (Å²) in [7, 11) is 0. The highest BCUT2D eigenvalue weighted by atomic mass is 16.5. The van der Waals surface area contributed by atoms with E-state index in [-0.39, 0.29) is 30.4 Å². The van der Waals surface area contributed by atoms with Gasteiger partial charge in [-0.05, 0) is 31.9 Å². The second-order valence-electron chi connectivity index (χ2n) is 8.57. The van der Waals surface area contributed by atoms with Crippen LogP contribution < -0.4 is 16.0 Å². The minimum atomic E-state index is -0.956. The van der Waals surface area contributed by atoms with Gasteiger partial charge in [-0.1, -0.05) is 12.1 Å². The first-order valence-corrected chi connectivity index (χ1v) is 10.2. The number of benzene rings is 1. The van der Waals surface area contributed by atoms with E-state index in [9.17, 15) is 19.2 Å². The molecule has 0 radical (unpaired) electrons. The van der Waals surface area contributed by atoms with Gasteiger partial charge in [-0.3, -0.25) is 29.4 Å². The monoisotopic (exact) mass is 414 g/mol. The Hall–Kier alpha value is -2.62. The molecule has 9 heteroatoms. The largest absolute Gasteiger partial charge is 0.373 e. The van der Waals surface area contributed by atoms with Gasteiger partial charge >= 0.3 is 0 Å². The summed E-state index contributed by atoms with van der Waals surface area (Å²) in [6, 6.07) is 4.34. The quantitative estimate of drug-likeness (QED) is 0.578. The minimum Gasteiger partial charge on any atom is -0.373 e. The van der Waals surface area contributed by atoms with Crippen LogP contribution in [0.4, 0.5) is 0 Å². The van der Waals surface area contributed by atoms with Crippen molar-refractivity contribution in [2.75, 3.05) is 19.7 Å². The van der Waals surface area contributed by atoms with Gasteiger partial charge in [0.15, 0.2) is 0 Å². The minimum absolute atomic E-state index is 0.103. The van der Waals surface area contributed by atoms with E-state index in [1.165, 1.54) is 0 Å². The van der Waals surface area contributed by atoms with Crippen molar-refractivity contribution in [1.82, 2.24) is 20.9 Å². The second-order valence-corrected chi connectivity index (χ2v) is 8.57. The van der Waals surface area contributed by atoms with Crippen LogP contribution in [0, 0.1) is 0 Å². The van der Waals surface area contributed by atoms with Crippen LogP contribution >= 0.6 is 0 Å². The molecular formula is C21H26N4O5. The zero-order valence-electron chi connectivity index (χ0n) is 17.1. The molecule has 160 valence electrons. The van der Waals surface area contributed by atoms with Gasteiger partial charge in [-0.15, -0.1) is 0 Å². The van der Waals surface area contributed by atoms with Crippen molar-refractivity contribution >= 4 is 23.6 Å². The third-order valence-electron chi connectivity index (χ3n) is 5.75. The van der Waals surface area contributed by atoms with Gasteiger partial charge in [-0.25, -0.2) is 0 Å². The SMILES string of the molecule is CC1(C)CNC(CNCc2cccc3c2C(=O)N(C2CCC(=O)NC2=O)C3=O)CO1. The van der Waals surface area contributed by atoms with Gasteiger partial charge in [0, 0.05) is 32.1 Å². The topological polar surface area (TPSA) is 117 Å². The lowest BCUT2D eigenvalue weighted by Gasteiger charge is -2.36. The van der Waals surface area contributed by atoms with Crippen molar-refractivity contribution in [3.8, 4) is 0 Å². The third-order valence-corrected chi connectivity index (χ3v) is 5.75. The molecule has 0 bridgehead atoms. The molecule has 3 N–H and O–H groups in total. The van der Waals surface area contributed by atoms with Crippen molar-refractivity contribution in [2.24, 2.45) is 0 Å². The standard InChI is InChI=1S/C21H26N4O5/c1-21(2)11-23-13(10-30-21)9-22-8-12-4-3-5-14-17(12)20(29)25(19(14)28)15-6-7-16(26)24-18(15)27/h3-5,13,15,22-23H,6-11H2,1-2H3,(H,24,26,27). The van der Waals surface area contributed by atoms with Gasteiger partial charge in [0.25, 0.3) is 11.8 Å². The maximum atomic E-state index is 13.1. The fourth-order valence-electron chi connectivity index (χ4n) is 4.07. The lowest BCUT2D eigenvalue weighted by Crippen LogP contribution is -2.54. The number of piperidine rings is 1. The fourth-order valence-corrected chi connectivity index (χ4v) is 4.07. The average molecular weight is 414 g/mol. The van der Waals surface area contributed by atoms with Crippen molar-refractivity contribution in [3.63, 3.8) is 0 Å². The Morgan fingerprint density at radius 2 is 2.00 bits per heavy atom. The van der Waals surface area contributed by atoms with Crippen molar-refractivity contribution in [2.45, 2.75) is 50.9 Å². The number of nitrogens with one attached hydrogen (secondary N) is 3. The summed E-state index contributed by atoms with van der Waals surface area (Å²) in [6.07, 6.45) is 0.249. The fraction of sp³-hybridized carbons (Fsp3) is 0.524. The molecule has 1 aromatic rings. The van der Waals surface area contributed by atoms with Gasteiger partial charge in [0.05, 0.1) is 23.3 Å². The number of amides is 4. The van der Waals surface area contributed by atoms with Crippen LogP contribution in [0.1, 0.15) is 53.0 Å². The summed E-state index contributed by atoms with van der Waals surface area (Å²) in [5, 5.41) is 8.97. The number of nitrogens with zero attached hydrogens (tertiary/aromatic N) is 1. The number of imide groups is 2. The molecule has 1 aromatic carbocycles. The summed E-state index contributed by atoms with van der Waals surface area (Å²) in [4.78, 5) is 50.5. The smallest absolute Gasteiger partial charge is 0.262 e. The zero-order chi connectivity index (χ0) is 21.5. The van der Waals surface area contributed by atoms with Crippen LogP contribution in [-0.2, 0) is 20.9 Å². The summed E-state index contributed by atoms with van der Waals surface area (Å²) < 4.78 is 5.81. The highest BCUT2D eigenvalue weighted by Gasteiger charge is 2.45. The number of carbonyl (C=O) groups excluding carboxylic acids is 4. The molecule has 3 heterocycles. The van der Waals surface area contributed by atoms with E-state index < -0.39 is 23.8 Å². The Kier molecular flexibility index (Phi) is 5.44. The highest BCUT2D eigenvalue weighted by Crippen LogP contribution is 2.29. The molecule has 4 rings (SSSR count). The first kappa shape index (κ1) is 20.6. The maximum absolute atomic E-state index is 13.1. The average Bonchev–Trinajstić information content (AvgIpc) is 2.95. The molecule has 0 aromatic heterocycles. The lowest BCUT2D eigenvalue weighted by molar-refractivity contribution is -0.136. The van der Waals surface area contributed by atoms with Crippen LogP contribution in [0.5, 0.6) is 0 Å². The molecule has 2 atom stereocenters. The normalized spacial score (nSPS) is 26.0. The molecule has 2 unspecified atom stereocenters. The third kappa shape index (κ3) is 3.88. The molecule has 0 aliphatic carbocycles. The van der Waals surface area contributed by atoms with E-state index in [0.717, 1.165) is 11.4 Å². The highest BCUT2D eigenvalue weighted by molar-refractivity contribution is 6.24. The van der Waals surface area contributed by atoms with Gasteiger partial charge in [0.2, 0.25) is 11.8 Å². The Labute approximate surface area is 174 Å². The van der Waals surface area contributed by atoms with E-state index in [1.807, 2.05) is 13.8 Å². The number of carbonyl (C=O) groups is 4. The number of morpholine rings is 1. The van der Waals surface area contributed by atoms with Crippen molar-refractivity contribution < 1.29 is 23.9 Å². The molecule has 3 aliphatic rings. The lowest BCUT2D eigenvalue weighted by atomic mass is 10.0. The predicted molar refractivity (Wildman–Crippen MR) is 107 cm³/mol. The first-order valence-electron chi connectivity index (χ1n) is 10.2. The first-order chi connectivity index (χ1) is 14.3. The Bertz CT molecular complexity index is 903. The second kappa shape index (κ2) is 7.90. The molecule has 2 saturated heterocycles. The summed E-state index contributed by atoms with van der Waals surface area (Å²) >= 11 is 0. The van der Waals surface area contributed by atoms with E-state index >= 15 is 0 Å². The maximum Gasteiger partial charge on any atom is 0.262 e. The van der Waals surface area contributed by atoms with Crippen molar-refractivity contribution in [3.05, 3.63) is 34.9 Å². The number of rotatable bonds is 5. The van der Waals surface area contributed by atoms with E-state index in [2.05, 4.69) is 16.0 Å². The van der Waals surface area contributed by atoms with Crippen molar-refractivity contribution in [1.29, 1.82) is 0 Å². The summed E-state index contributed by atoms with van der Waals surface area (Å²) in [5.41, 5.74) is 1.15. The van der Waals surface area contributed by atoms with Gasteiger partial charge in [-0.2, -0.15) is 0 Å². The molecule has 3 aliphatic heterocycles. The van der Waals surface area contributed by atoms with E-state index in [4.69, 9.17) is 4.74 Å². The Morgan fingerprint density at radius 1 is 1.20 bits per heavy atom. The zero-order valence-corrected chi connectivity index (χ0v) is 17.1.